The predicted molar refractivity (Wildman–Crippen MR) is 519 cm³/mol. The molecule has 0 aliphatic carbocycles. The molecule has 33 N–H and O–H groups in total. The summed E-state index contributed by atoms with van der Waals surface area (Å²) in [5.74, 6) is -26.1. The van der Waals surface area contributed by atoms with Gasteiger partial charge < -0.3 is 164 Å². The van der Waals surface area contributed by atoms with E-state index in [1.807, 2.05) is 5.32 Å². The largest absolute Gasteiger partial charge is 0.480 e. The Kier molecular flexibility index (Phi) is 48.8. The number of carbonyl (C=O) groups excluding carboxylic acids is 22. The number of nitrogens with zero attached hydrogens (tertiary/aromatic N) is 5. The van der Waals surface area contributed by atoms with Crippen LogP contribution in [0, 0.1) is 11.8 Å². The highest BCUT2D eigenvalue weighted by atomic mass is 32.1. The van der Waals surface area contributed by atoms with E-state index in [1.165, 1.54) is 65.3 Å². The molecule has 5 heterocycles. The molecule has 2 saturated heterocycles. The first-order chi connectivity index (χ1) is 69.8. The molecule has 6 rings (SSSR count). The van der Waals surface area contributed by atoms with Gasteiger partial charge in [-0.25, -0.2) is 19.7 Å². The van der Waals surface area contributed by atoms with Gasteiger partial charge in [-0.05, 0) is 90.5 Å². The quantitative estimate of drug-likeness (QED) is 0.0183. The van der Waals surface area contributed by atoms with Crippen molar-refractivity contribution in [3.63, 3.8) is 0 Å². The second kappa shape index (κ2) is 59.4. The molecular formula is C90H135N29O28S. The topological polar surface area (TPSA) is 895 Å². The molecule has 2 fully saturated rings. The molecule has 1 aromatic carbocycles. The third-order valence-electron chi connectivity index (χ3n) is 23.8. The standard InChI is InChI=1S/C90H135N29O28S/c1-10-42(4)70(85(141)111-58(29-65(92)125)89(145)119-23-15-19-63(119)83(139)108-53(25-48-16-12-11-13-17-48)78(134)116-71(46(8)122)86(142)112-59(90(146)147)30-66(93)126)115-81(137)61(37-148)114-75(131)52(20-21-64(91)124)107-82(138)62-18-14-22-118(62)88(144)57(24-41(2)3)110-80(136)60(36-120)113-87(143)72(47(9)123)117-79(135)55(27-50-32-96-39-101-50)106-68(128)35-99-73(129)43(5)103-76(132)54(26-49-31-95-38-100-49)105-67(127)34-98-74(130)44(6)104-77(133)56(28-51-33-97-40-102-51)109-84(140)69(94)45(7)121/h11-13,16-17,31-33,38-47,52-63,69-72,120-123,148H,10,14-15,18-30,34-37,94H2,1-9H3,(H2,91,124)(H2,92,125)(H2,93,126)(H,95,100)(H,96,101)(H,97,102)(H,98,130)(H,99,129)(H,103,132)(H,104,133)(H,105,127)(H,106,128)(H,107,138)(H,108,139)(H,109,140)(H,110,136)(H,111,141)(H,112,142)(H,113,143)(H,114,131)(H,115,137)(H,116,134)(H,117,135)(H,146,147)/t42-,43-,44-,45+,46+,47+,52-,53-,54-,55-,56-,57-,58-,59-,60-,61-,62-,63-,69-,70-,71-,72-/m0/s1. The van der Waals surface area contributed by atoms with Crippen LogP contribution in [0.2, 0.25) is 0 Å². The third kappa shape index (κ3) is 38.7. The fraction of sp³-hybridized carbons (Fsp3) is 0.578. The molecule has 0 saturated carbocycles. The Labute approximate surface area is 853 Å². The van der Waals surface area contributed by atoms with Crippen molar-refractivity contribution in [3.8, 4) is 0 Å². The summed E-state index contributed by atoms with van der Waals surface area (Å²) in [6.45, 7) is 9.34. The van der Waals surface area contributed by atoms with E-state index in [9.17, 15) is 136 Å². The molecule has 58 heteroatoms. The molecule has 0 bridgehead atoms. The number of aromatic nitrogens is 6. The van der Waals surface area contributed by atoms with Gasteiger partial charge in [0.1, 0.15) is 109 Å². The molecular weight excluding hydrogens is 1970 g/mol. The third-order valence-corrected chi connectivity index (χ3v) is 24.2. The van der Waals surface area contributed by atoms with Crippen molar-refractivity contribution in [2.45, 2.75) is 279 Å². The number of aliphatic hydroxyl groups excluding tert-OH is 4. The van der Waals surface area contributed by atoms with Crippen LogP contribution in [0.25, 0.3) is 0 Å². The van der Waals surface area contributed by atoms with Gasteiger partial charge in [-0.3, -0.25) is 105 Å². The molecule has 814 valence electrons. The highest BCUT2D eigenvalue weighted by Crippen LogP contribution is 2.24. The maximum Gasteiger partial charge on any atom is 0.326 e. The summed E-state index contributed by atoms with van der Waals surface area (Å²) in [5.41, 5.74) is 23.3. The number of H-pyrrole nitrogens is 3. The first-order valence-electron chi connectivity index (χ1n) is 47.6. The SMILES string of the molecule is CC[C@H](C)[C@H](NC(=O)[C@H](CS)NC(=O)[C@H](CCC(N)=O)NC(=O)[C@@H]1CCCN1C(=O)[C@H](CC(C)C)NC(=O)[C@H](CO)NC(=O)[C@@H](NC(=O)[C@H](Cc1c[nH]cn1)NC(=O)CNC(=O)[C@H](C)NC(=O)[C@H](Cc1c[nH]cn1)NC(=O)CNC(=O)[C@H](C)NC(=O)[C@H](Cc1c[nH]cn1)NC(=O)[C@@H](N)[C@@H](C)O)[C@@H](C)O)C(=O)N[C@@H](CC(N)=O)C(=O)N1CCC[C@H]1C(=O)N[C@@H](Cc1ccccc1)C(=O)N[C@H](C(=O)N[C@@H](CC(N)=O)C(=O)O)[C@@H](C)O. The van der Waals surface area contributed by atoms with Gasteiger partial charge in [0.05, 0.1) is 86.9 Å². The van der Waals surface area contributed by atoms with Crippen LogP contribution >= 0.6 is 12.6 Å². The molecule has 22 atom stereocenters. The lowest BCUT2D eigenvalue weighted by molar-refractivity contribution is -0.144. The Balaban J connectivity index is 1.07. The summed E-state index contributed by atoms with van der Waals surface area (Å²) in [7, 11) is 0. The van der Waals surface area contributed by atoms with Crippen molar-refractivity contribution in [1.29, 1.82) is 0 Å². The number of hydrogen-bond acceptors (Lipinski definition) is 32. The van der Waals surface area contributed by atoms with Gasteiger partial charge >= 0.3 is 5.97 Å². The number of likely N-dealkylation sites (tertiary alicyclic amines) is 2. The van der Waals surface area contributed by atoms with Crippen LogP contribution in [0.4, 0.5) is 0 Å². The number of hydrogen-bond donors (Lipinski definition) is 30. The normalized spacial score (nSPS) is 17.3. The molecule has 0 radical (unpaired) electrons. The zero-order chi connectivity index (χ0) is 110. The average Bonchev–Trinajstić information content (AvgIpc) is 1.65. The minimum atomic E-state index is -1.98. The first kappa shape index (κ1) is 121. The molecule has 2 aliphatic rings. The van der Waals surface area contributed by atoms with Crippen LogP contribution in [0.3, 0.4) is 0 Å². The zero-order valence-electron chi connectivity index (χ0n) is 82.9. The maximum atomic E-state index is 14.8. The maximum absolute atomic E-state index is 14.8. The number of carbonyl (C=O) groups is 23. The van der Waals surface area contributed by atoms with Gasteiger partial charge in [0.25, 0.3) is 0 Å². The average molecular weight is 2100 g/mol. The molecule has 0 unspecified atom stereocenters. The number of aliphatic hydroxyl groups is 4. The molecule has 22 amide bonds. The van der Waals surface area contributed by atoms with Gasteiger partial charge in [0, 0.05) is 69.5 Å². The van der Waals surface area contributed by atoms with Crippen molar-refractivity contribution in [2.24, 2.45) is 34.8 Å². The number of carboxylic acids is 1. The van der Waals surface area contributed by atoms with Crippen LogP contribution in [0.5, 0.6) is 0 Å². The lowest BCUT2D eigenvalue weighted by Crippen LogP contribution is -2.62. The van der Waals surface area contributed by atoms with Crippen molar-refractivity contribution in [1.82, 2.24) is 130 Å². The molecule has 4 aromatic rings. The number of aliphatic carboxylic acids is 1. The lowest BCUT2D eigenvalue weighted by Gasteiger charge is -2.32. The minimum absolute atomic E-state index is 0.0457. The van der Waals surface area contributed by atoms with Gasteiger partial charge in [0.15, 0.2) is 0 Å². The molecule has 57 nitrogen and oxygen atoms in total. The first-order valence-corrected chi connectivity index (χ1v) is 48.2. The second-order valence-electron chi connectivity index (χ2n) is 36.3. The Morgan fingerprint density at radius 1 is 0.419 bits per heavy atom. The number of carboxylic acid groups (broad SMARTS) is 1. The number of nitrogens with one attached hydrogen (secondary N) is 20. The van der Waals surface area contributed by atoms with Crippen molar-refractivity contribution >= 4 is 149 Å². The zero-order valence-corrected chi connectivity index (χ0v) is 83.8. The Morgan fingerprint density at radius 2 is 0.791 bits per heavy atom. The summed E-state index contributed by atoms with van der Waals surface area (Å²) < 4.78 is 0. The summed E-state index contributed by atoms with van der Waals surface area (Å²) >= 11 is 4.29. The van der Waals surface area contributed by atoms with E-state index >= 15 is 0 Å². The van der Waals surface area contributed by atoms with E-state index < -0.39 is 332 Å². The monoisotopic (exact) mass is 2100 g/mol. The Hall–Kier alpha value is -15.2. The lowest BCUT2D eigenvalue weighted by atomic mass is 9.97. The van der Waals surface area contributed by atoms with E-state index in [1.54, 1.807) is 51.1 Å². The fourth-order valence-electron chi connectivity index (χ4n) is 15.5. The molecule has 148 heavy (non-hydrogen) atoms. The van der Waals surface area contributed by atoms with Gasteiger partial charge in [-0.1, -0.05) is 64.4 Å². The minimum Gasteiger partial charge on any atom is -0.480 e. The second-order valence-corrected chi connectivity index (χ2v) is 36.6. The molecule has 0 spiro atoms. The van der Waals surface area contributed by atoms with Crippen LogP contribution in [-0.4, -0.2) is 367 Å². The summed E-state index contributed by atoms with van der Waals surface area (Å²) in [6, 6.07) is -20.9. The summed E-state index contributed by atoms with van der Waals surface area (Å²) in [6.07, 6.45) is -0.387. The number of primary amides is 3. The number of aromatic amines is 3. The van der Waals surface area contributed by atoms with E-state index in [0.29, 0.717) is 11.3 Å². The van der Waals surface area contributed by atoms with Crippen LogP contribution in [-0.2, 0) is 136 Å². The van der Waals surface area contributed by atoms with Crippen LogP contribution in [0.1, 0.15) is 149 Å². The number of benzene rings is 1. The van der Waals surface area contributed by atoms with Gasteiger partial charge in [0.2, 0.25) is 130 Å². The van der Waals surface area contributed by atoms with Crippen LogP contribution in [0.15, 0.2) is 67.9 Å². The Morgan fingerprint density at radius 3 is 1.20 bits per heavy atom. The van der Waals surface area contributed by atoms with Crippen molar-refractivity contribution in [3.05, 3.63) is 90.5 Å². The number of nitrogens with two attached hydrogens (primary N) is 4. The number of rotatable bonds is 61. The van der Waals surface area contributed by atoms with Crippen molar-refractivity contribution in [2.75, 3.05) is 38.5 Å². The van der Waals surface area contributed by atoms with Crippen LogP contribution < -0.4 is 113 Å². The Bertz CT molecular complexity index is 5270. The number of amides is 22. The van der Waals surface area contributed by atoms with E-state index in [0.717, 1.165) is 23.6 Å². The smallest absolute Gasteiger partial charge is 0.326 e. The summed E-state index contributed by atoms with van der Waals surface area (Å²) in [4.78, 5) is 337. The summed E-state index contributed by atoms with van der Waals surface area (Å²) in [5, 5.41) is 92.5. The van der Waals surface area contributed by atoms with E-state index in [2.05, 4.69) is 128 Å². The number of imidazole rings is 3. The van der Waals surface area contributed by atoms with Gasteiger partial charge in [-0.15, -0.1) is 0 Å². The molecule has 2 aliphatic heterocycles. The van der Waals surface area contributed by atoms with E-state index in [4.69, 9.17) is 22.9 Å². The highest BCUT2D eigenvalue weighted by molar-refractivity contribution is 7.80. The predicted octanol–water partition coefficient (Wildman–Crippen LogP) is -12.8. The van der Waals surface area contributed by atoms with Crippen molar-refractivity contribution < 1.29 is 136 Å². The van der Waals surface area contributed by atoms with Gasteiger partial charge in [-0.2, -0.15) is 12.6 Å². The highest BCUT2D eigenvalue weighted by Gasteiger charge is 2.46. The fourth-order valence-corrected chi connectivity index (χ4v) is 15.7. The number of thiol groups is 1. The molecule has 3 aromatic heterocycles. The van der Waals surface area contributed by atoms with E-state index in [-0.39, 0.29) is 82.3 Å².